The summed E-state index contributed by atoms with van der Waals surface area (Å²) in [5, 5.41) is 3.17. The van der Waals surface area contributed by atoms with Gasteiger partial charge in [0.1, 0.15) is 0 Å². The van der Waals surface area contributed by atoms with Gasteiger partial charge in [0.25, 0.3) is 0 Å². The molecule has 1 saturated heterocycles. The molecule has 5 heteroatoms. The predicted octanol–water partition coefficient (Wildman–Crippen LogP) is -0.829. The van der Waals surface area contributed by atoms with Crippen LogP contribution in [-0.2, 0) is 9.53 Å². The van der Waals surface area contributed by atoms with Crippen LogP contribution in [0.4, 0.5) is 0 Å². The minimum atomic E-state index is -0.165. The van der Waals surface area contributed by atoms with E-state index in [1.807, 2.05) is 18.7 Å². The Hall–Kier alpha value is -0.650. The molecule has 5 nitrogen and oxygen atoms in total. The lowest BCUT2D eigenvalue weighted by molar-refractivity contribution is -0.137. The summed E-state index contributed by atoms with van der Waals surface area (Å²) >= 11 is 0. The first-order chi connectivity index (χ1) is 7.15. The maximum Gasteiger partial charge on any atom is 0.239 e. The number of hydrogen-bond acceptors (Lipinski definition) is 4. The van der Waals surface area contributed by atoms with Gasteiger partial charge in [-0.2, -0.15) is 0 Å². The SMILES string of the molecule is CC(CN)NC(C)C(=O)N1CCOCC1. The summed E-state index contributed by atoms with van der Waals surface area (Å²) in [7, 11) is 0. The minimum Gasteiger partial charge on any atom is -0.378 e. The van der Waals surface area contributed by atoms with Crippen molar-refractivity contribution in [2.45, 2.75) is 25.9 Å². The van der Waals surface area contributed by atoms with Gasteiger partial charge >= 0.3 is 0 Å². The minimum absolute atomic E-state index is 0.138. The van der Waals surface area contributed by atoms with Gasteiger partial charge in [0.15, 0.2) is 0 Å². The zero-order chi connectivity index (χ0) is 11.3. The Bertz CT molecular complexity index is 205. The first-order valence-corrected chi connectivity index (χ1v) is 5.47. The molecule has 1 amide bonds. The van der Waals surface area contributed by atoms with Crippen molar-refractivity contribution in [1.29, 1.82) is 0 Å². The fourth-order valence-corrected chi connectivity index (χ4v) is 1.62. The van der Waals surface area contributed by atoms with E-state index in [1.165, 1.54) is 0 Å². The Morgan fingerprint density at radius 2 is 2.07 bits per heavy atom. The van der Waals surface area contributed by atoms with E-state index in [0.29, 0.717) is 32.8 Å². The first kappa shape index (κ1) is 12.4. The largest absolute Gasteiger partial charge is 0.378 e. The Morgan fingerprint density at radius 1 is 1.47 bits per heavy atom. The lowest BCUT2D eigenvalue weighted by Crippen LogP contribution is -2.52. The topological polar surface area (TPSA) is 67.6 Å². The van der Waals surface area contributed by atoms with E-state index < -0.39 is 0 Å². The standard InChI is InChI=1S/C10H21N3O2/c1-8(7-11)12-9(2)10(14)13-3-5-15-6-4-13/h8-9,12H,3-7,11H2,1-2H3. The molecular formula is C10H21N3O2. The lowest BCUT2D eigenvalue weighted by atomic mass is 10.2. The first-order valence-electron chi connectivity index (χ1n) is 5.47. The molecule has 0 spiro atoms. The van der Waals surface area contributed by atoms with Crippen molar-refractivity contribution in [3.05, 3.63) is 0 Å². The van der Waals surface area contributed by atoms with Crippen LogP contribution in [0.15, 0.2) is 0 Å². The molecule has 88 valence electrons. The van der Waals surface area contributed by atoms with E-state index in [1.54, 1.807) is 0 Å². The number of nitrogens with two attached hydrogens (primary N) is 1. The third-order valence-corrected chi connectivity index (χ3v) is 2.58. The summed E-state index contributed by atoms with van der Waals surface area (Å²) in [6.07, 6.45) is 0. The molecule has 0 aromatic carbocycles. The summed E-state index contributed by atoms with van der Waals surface area (Å²) in [5.41, 5.74) is 5.49. The van der Waals surface area contributed by atoms with E-state index in [-0.39, 0.29) is 18.0 Å². The second-order valence-electron chi connectivity index (χ2n) is 3.96. The van der Waals surface area contributed by atoms with Crippen LogP contribution in [0.5, 0.6) is 0 Å². The van der Waals surface area contributed by atoms with Gasteiger partial charge in [-0.3, -0.25) is 4.79 Å². The van der Waals surface area contributed by atoms with E-state index in [2.05, 4.69) is 5.32 Å². The molecule has 1 rings (SSSR count). The molecular weight excluding hydrogens is 194 g/mol. The molecule has 3 N–H and O–H groups in total. The van der Waals surface area contributed by atoms with Gasteiger partial charge in [0.05, 0.1) is 19.3 Å². The number of morpholine rings is 1. The molecule has 0 bridgehead atoms. The van der Waals surface area contributed by atoms with Crippen molar-refractivity contribution < 1.29 is 9.53 Å². The average molecular weight is 215 g/mol. The van der Waals surface area contributed by atoms with Crippen LogP contribution in [0, 0.1) is 0 Å². The van der Waals surface area contributed by atoms with Crippen molar-refractivity contribution in [2.24, 2.45) is 5.73 Å². The number of ether oxygens (including phenoxy) is 1. The van der Waals surface area contributed by atoms with E-state index in [4.69, 9.17) is 10.5 Å². The van der Waals surface area contributed by atoms with Crippen molar-refractivity contribution in [1.82, 2.24) is 10.2 Å². The number of nitrogens with zero attached hydrogens (tertiary/aromatic N) is 1. The number of amides is 1. The van der Waals surface area contributed by atoms with E-state index in [0.717, 1.165) is 0 Å². The number of rotatable bonds is 4. The van der Waals surface area contributed by atoms with Crippen LogP contribution in [0.25, 0.3) is 0 Å². The molecule has 2 atom stereocenters. The highest BCUT2D eigenvalue weighted by Crippen LogP contribution is 2.01. The van der Waals surface area contributed by atoms with E-state index >= 15 is 0 Å². The second kappa shape index (κ2) is 6.05. The molecule has 0 saturated carbocycles. The van der Waals surface area contributed by atoms with Crippen LogP contribution in [0.3, 0.4) is 0 Å². The summed E-state index contributed by atoms with van der Waals surface area (Å²) in [5.74, 6) is 0.138. The number of nitrogens with one attached hydrogen (secondary N) is 1. The zero-order valence-corrected chi connectivity index (χ0v) is 9.53. The van der Waals surface area contributed by atoms with Crippen molar-refractivity contribution >= 4 is 5.91 Å². The van der Waals surface area contributed by atoms with Crippen molar-refractivity contribution in [3.8, 4) is 0 Å². The Labute approximate surface area is 90.9 Å². The highest BCUT2D eigenvalue weighted by atomic mass is 16.5. The van der Waals surface area contributed by atoms with Crippen LogP contribution in [0.1, 0.15) is 13.8 Å². The smallest absolute Gasteiger partial charge is 0.239 e. The Morgan fingerprint density at radius 3 is 2.60 bits per heavy atom. The fraction of sp³-hybridized carbons (Fsp3) is 0.900. The molecule has 15 heavy (non-hydrogen) atoms. The zero-order valence-electron chi connectivity index (χ0n) is 9.53. The van der Waals surface area contributed by atoms with Gasteiger partial charge in [0.2, 0.25) is 5.91 Å². The van der Waals surface area contributed by atoms with Crippen molar-refractivity contribution in [2.75, 3.05) is 32.8 Å². The molecule has 1 aliphatic heterocycles. The van der Waals surface area contributed by atoms with Gasteiger partial charge in [-0.05, 0) is 13.8 Å². The molecule has 2 unspecified atom stereocenters. The van der Waals surface area contributed by atoms with Crippen LogP contribution in [-0.4, -0.2) is 55.7 Å². The normalized spacial score (nSPS) is 21.1. The third kappa shape index (κ3) is 3.77. The predicted molar refractivity (Wildman–Crippen MR) is 58.5 cm³/mol. The fourth-order valence-electron chi connectivity index (χ4n) is 1.62. The van der Waals surface area contributed by atoms with Gasteiger partial charge in [-0.1, -0.05) is 0 Å². The van der Waals surface area contributed by atoms with Gasteiger partial charge in [-0.15, -0.1) is 0 Å². The van der Waals surface area contributed by atoms with Crippen LogP contribution in [0.2, 0.25) is 0 Å². The average Bonchev–Trinajstić information content (AvgIpc) is 2.29. The van der Waals surface area contributed by atoms with E-state index in [9.17, 15) is 4.79 Å². The van der Waals surface area contributed by atoms with Crippen molar-refractivity contribution in [3.63, 3.8) is 0 Å². The lowest BCUT2D eigenvalue weighted by Gasteiger charge is -2.30. The highest BCUT2D eigenvalue weighted by molar-refractivity contribution is 5.81. The maximum atomic E-state index is 11.9. The molecule has 0 aromatic rings. The summed E-state index contributed by atoms with van der Waals surface area (Å²) in [4.78, 5) is 13.8. The Balaban J connectivity index is 2.37. The highest BCUT2D eigenvalue weighted by Gasteiger charge is 2.22. The summed E-state index contributed by atoms with van der Waals surface area (Å²) in [6.45, 7) is 7.08. The quantitative estimate of drug-likeness (QED) is 0.642. The summed E-state index contributed by atoms with van der Waals surface area (Å²) in [6, 6.07) is 0.00615. The number of carbonyl (C=O) groups is 1. The third-order valence-electron chi connectivity index (χ3n) is 2.58. The molecule has 1 heterocycles. The molecule has 1 aliphatic rings. The molecule has 0 aromatic heterocycles. The molecule has 0 aliphatic carbocycles. The molecule has 0 radical (unpaired) electrons. The Kier molecular flexibility index (Phi) is 5.01. The van der Waals surface area contributed by atoms with Crippen LogP contribution >= 0.6 is 0 Å². The van der Waals surface area contributed by atoms with Gasteiger partial charge in [-0.25, -0.2) is 0 Å². The molecule has 1 fully saturated rings. The maximum absolute atomic E-state index is 11.9. The summed E-state index contributed by atoms with van der Waals surface area (Å²) < 4.78 is 5.20. The van der Waals surface area contributed by atoms with Gasteiger partial charge in [0, 0.05) is 25.7 Å². The van der Waals surface area contributed by atoms with Crippen LogP contribution < -0.4 is 11.1 Å². The monoisotopic (exact) mass is 215 g/mol. The number of hydrogen-bond donors (Lipinski definition) is 2. The second-order valence-corrected chi connectivity index (χ2v) is 3.96. The number of carbonyl (C=O) groups excluding carboxylic acids is 1. The van der Waals surface area contributed by atoms with Gasteiger partial charge < -0.3 is 20.7 Å².